The number of nitrogens with one attached hydrogen (secondary N) is 1. The van der Waals surface area contributed by atoms with Gasteiger partial charge in [-0.1, -0.05) is 48.5 Å². The van der Waals surface area contributed by atoms with E-state index in [4.69, 9.17) is 9.40 Å². The molecule has 30 heavy (non-hydrogen) atoms. The number of benzene rings is 2. The van der Waals surface area contributed by atoms with Crippen molar-refractivity contribution in [1.29, 1.82) is 0 Å². The summed E-state index contributed by atoms with van der Waals surface area (Å²) < 4.78 is 5.74. The monoisotopic (exact) mass is 399 g/mol. The van der Waals surface area contributed by atoms with Crippen LogP contribution >= 0.6 is 0 Å². The molecule has 4 aromatic rings. The number of hydrogen-bond donors (Lipinski definition) is 1. The van der Waals surface area contributed by atoms with Gasteiger partial charge in [-0.25, -0.2) is 4.98 Å². The molecule has 0 spiro atoms. The summed E-state index contributed by atoms with van der Waals surface area (Å²) in [7, 11) is 4.03. The van der Waals surface area contributed by atoms with Crippen LogP contribution in [0.4, 0.5) is 0 Å². The first kappa shape index (κ1) is 19.9. The number of fused-ring (bicyclic) bond motifs is 1. The summed E-state index contributed by atoms with van der Waals surface area (Å²) in [6.45, 7) is 2.39. The molecule has 0 bridgehead atoms. The lowest BCUT2D eigenvalue weighted by molar-refractivity contribution is 0.0943. The number of hydrogen-bond acceptors (Lipinski definition) is 4. The van der Waals surface area contributed by atoms with E-state index >= 15 is 0 Å². The van der Waals surface area contributed by atoms with E-state index in [1.807, 2.05) is 81.7 Å². The van der Waals surface area contributed by atoms with Crippen LogP contribution in [0.15, 0.2) is 77.2 Å². The van der Waals surface area contributed by atoms with E-state index in [-0.39, 0.29) is 11.9 Å². The molecule has 0 saturated heterocycles. The van der Waals surface area contributed by atoms with Crippen molar-refractivity contribution >= 4 is 16.8 Å². The van der Waals surface area contributed by atoms with Gasteiger partial charge < -0.3 is 14.6 Å². The number of pyridine rings is 1. The Morgan fingerprint density at radius 2 is 1.77 bits per heavy atom. The number of aryl methyl sites for hydroxylation is 1. The summed E-state index contributed by atoms with van der Waals surface area (Å²) in [6.07, 6.45) is 0. The third kappa shape index (κ3) is 4.11. The van der Waals surface area contributed by atoms with Gasteiger partial charge in [0.15, 0.2) is 5.76 Å². The van der Waals surface area contributed by atoms with Crippen molar-refractivity contribution in [3.8, 4) is 11.5 Å². The van der Waals surface area contributed by atoms with E-state index in [0.717, 1.165) is 22.2 Å². The minimum absolute atomic E-state index is 0.0791. The standard InChI is InChI=1S/C25H25N3O2/c1-17-13-14-24(30-17)22-15-20(19-11-7-8-12-21(19)27-22)25(29)26-16-23(28(2)3)18-9-5-4-6-10-18/h4-15,23H,16H2,1-3H3,(H,26,29)/t23-/m1/s1. The SMILES string of the molecule is Cc1ccc(-c2cc(C(=O)NC[C@H](c3ccccc3)N(C)C)c3ccccc3n2)o1. The summed E-state index contributed by atoms with van der Waals surface area (Å²) in [5, 5.41) is 3.94. The normalized spacial score (nSPS) is 12.3. The molecule has 152 valence electrons. The molecule has 5 heteroatoms. The number of aromatic nitrogens is 1. The van der Waals surface area contributed by atoms with E-state index in [1.54, 1.807) is 0 Å². The second kappa shape index (κ2) is 8.51. The third-order valence-electron chi connectivity index (χ3n) is 5.22. The predicted molar refractivity (Wildman–Crippen MR) is 119 cm³/mol. The van der Waals surface area contributed by atoms with Gasteiger partial charge in [-0.3, -0.25) is 4.79 Å². The lowest BCUT2D eigenvalue weighted by atomic mass is 10.0. The molecular formula is C25H25N3O2. The van der Waals surface area contributed by atoms with Crippen LogP contribution in [0.2, 0.25) is 0 Å². The Bertz CT molecular complexity index is 1170. The smallest absolute Gasteiger partial charge is 0.252 e. The zero-order valence-electron chi connectivity index (χ0n) is 17.4. The highest BCUT2D eigenvalue weighted by molar-refractivity contribution is 6.07. The van der Waals surface area contributed by atoms with Gasteiger partial charge in [-0.15, -0.1) is 0 Å². The molecule has 0 saturated carbocycles. The summed E-state index contributed by atoms with van der Waals surface area (Å²) in [5.41, 5.74) is 3.17. The molecule has 1 amide bonds. The highest BCUT2D eigenvalue weighted by Gasteiger charge is 2.18. The van der Waals surface area contributed by atoms with Crippen LogP contribution in [0, 0.1) is 6.92 Å². The number of likely N-dealkylation sites (N-methyl/N-ethyl adjacent to an activating group) is 1. The van der Waals surface area contributed by atoms with Crippen LogP contribution in [0.25, 0.3) is 22.4 Å². The Balaban J connectivity index is 1.65. The number of nitrogens with zero attached hydrogens (tertiary/aromatic N) is 2. The molecule has 0 unspecified atom stereocenters. The minimum atomic E-state index is -0.124. The second-order valence-electron chi connectivity index (χ2n) is 7.58. The van der Waals surface area contributed by atoms with Crippen molar-refractivity contribution in [2.45, 2.75) is 13.0 Å². The maximum absolute atomic E-state index is 13.2. The van der Waals surface area contributed by atoms with Crippen molar-refractivity contribution in [2.24, 2.45) is 0 Å². The summed E-state index contributed by atoms with van der Waals surface area (Å²) in [4.78, 5) is 20.0. The average Bonchev–Trinajstić information content (AvgIpc) is 3.20. The molecule has 0 radical (unpaired) electrons. The number of para-hydroxylation sites is 1. The Morgan fingerprint density at radius 3 is 2.47 bits per heavy atom. The lowest BCUT2D eigenvalue weighted by Gasteiger charge is -2.25. The van der Waals surface area contributed by atoms with Crippen LogP contribution < -0.4 is 5.32 Å². The highest BCUT2D eigenvalue weighted by atomic mass is 16.3. The van der Waals surface area contributed by atoms with Gasteiger partial charge in [-0.2, -0.15) is 0 Å². The van der Waals surface area contributed by atoms with Gasteiger partial charge in [0.25, 0.3) is 5.91 Å². The first-order valence-corrected chi connectivity index (χ1v) is 9.99. The van der Waals surface area contributed by atoms with Gasteiger partial charge in [0.2, 0.25) is 0 Å². The van der Waals surface area contributed by atoms with Gasteiger partial charge in [-0.05, 0) is 50.8 Å². The predicted octanol–water partition coefficient (Wildman–Crippen LogP) is 4.84. The molecule has 2 heterocycles. The van der Waals surface area contributed by atoms with Gasteiger partial charge >= 0.3 is 0 Å². The molecule has 0 aliphatic rings. The molecule has 1 atom stereocenters. The van der Waals surface area contributed by atoms with Crippen molar-refractivity contribution < 1.29 is 9.21 Å². The van der Waals surface area contributed by atoms with E-state index in [2.05, 4.69) is 22.3 Å². The first-order valence-electron chi connectivity index (χ1n) is 9.99. The van der Waals surface area contributed by atoms with Crippen molar-refractivity contribution in [3.05, 3.63) is 89.7 Å². The Kier molecular flexibility index (Phi) is 5.63. The molecule has 2 aromatic carbocycles. The van der Waals surface area contributed by atoms with Crippen LogP contribution in [-0.2, 0) is 0 Å². The second-order valence-corrected chi connectivity index (χ2v) is 7.58. The third-order valence-corrected chi connectivity index (χ3v) is 5.22. The maximum Gasteiger partial charge on any atom is 0.252 e. The maximum atomic E-state index is 13.2. The topological polar surface area (TPSA) is 58.4 Å². The van der Waals surface area contributed by atoms with Crippen molar-refractivity contribution in [2.75, 3.05) is 20.6 Å². The first-order chi connectivity index (χ1) is 14.5. The van der Waals surface area contributed by atoms with Crippen LogP contribution in [0.1, 0.15) is 27.7 Å². The van der Waals surface area contributed by atoms with Gasteiger partial charge in [0.05, 0.1) is 17.1 Å². The number of carbonyl (C=O) groups is 1. The van der Waals surface area contributed by atoms with E-state index in [1.165, 1.54) is 0 Å². The summed E-state index contributed by atoms with van der Waals surface area (Å²) in [6, 6.07) is 23.5. The Hall–Kier alpha value is -3.44. The Labute approximate surface area is 176 Å². The summed E-state index contributed by atoms with van der Waals surface area (Å²) >= 11 is 0. The molecule has 0 fully saturated rings. The van der Waals surface area contributed by atoms with E-state index < -0.39 is 0 Å². The quantitative estimate of drug-likeness (QED) is 0.504. The van der Waals surface area contributed by atoms with Crippen molar-refractivity contribution in [1.82, 2.24) is 15.2 Å². The number of amides is 1. The van der Waals surface area contributed by atoms with Gasteiger partial charge in [0, 0.05) is 11.9 Å². The number of rotatable bonds is 6. The van der Waals surface area contributed by atoms with Crippen LogP contribution in [0.5, 0.6) is 0 Å². The van der Waals surface area contributed by atoms with Crippen molar-refractivity contribution in [3.63, 3.8) is 0 Å². The van der Waals surface area contributed by atoms with Gasteiger partial charge in [0.1, 0.15) is 11.5 Å². The average molecular weight is 399 g/mol. The van der Waals surface area contributed by atoms with Crippen LogP contribution in [-0.4, -0.2) is 36.4 Å². The fourth-order valence-corrected chi connectivity index (χ4v) is 3.62. The molecule has 1 N–H and O–H groups in total. The molecular weight excluding hydrogens is 374 g/mol. The molecule has 0 aliphatic heterocycles. The van der Waals surface area contributed by atoms with E-state index in [0.29, 0.717) is 23.6 Å². The Morgan fingerprint density at radius 1 is 1.03 bits per heavy atom. The molecule has 2 aromatic heterocycles. The highest BCUT2D eigenvalue weighted by Crippen LogP contribution is 2.26. The number of furan rings is 1. The van der Waals surface area contributed by atoms with Crippen LogP contribution in [0.3, 0.4) is 0 Å². The molecule has 4 rings (SSSR count). The fraction of sp³-hybridized carbons (Fsp3) is 0.200. The molecule has 5 nitrogen and oxygen atoms in total. The fourth-order valence-electron chi connectivity index (χ4n) is 3.62. The number of carbonyl (C=O) groups excluding carboxylic acids is 1. The lowest BCUT2D eigenvalue weighted by Crippen LogP contribution is -2.34. The molecule has 0 aliphatic carbocycles. The summed E-state index contributed by atoms with van der Waals surface area (Å²) in [5.74, 6) is 1.34. The zero-order chi connectivity index (χ0) is 21.1. The van der Waals surface area contributed by atoms with E-state index in [9.17, 15) is 4.79 Å². The largest absolute Gasteiger partial charge is 0.460 e. The zero-order valence-corrected chi connectivity index (χ0v) is 17.4. The minimum Gasteiger partial charge on any atom is -0.460 e.